The first kappa shape index (κ1) is 34.9. The van der Waals surface area contributed by atoms with Crippen LogP contribution in [0.3, 0.4) is 0 Å². The van der Waals surface area contributed by atoms with Gasteiger partial charge in [-0.25, -0.2) is 36.2 Å². The van der Waals surface area contributed by atoms with Crippen molar-refractivity contribution in [1.82, 2.24) is 29.5 Å². The van der Waals surface area contributed by atoms with Crippen LogP contribution in [0.15, 0.2) is 48.9 Å². The Labute approximate surface area is 267 Å². The van der Waals surface area contributed by atoms with Gasteiger partial charge in [-0.05, 0) is 18.6 Å². The largest absolute Gasteiger partial charge is 0.497 e. The Morgan fingerprint density at radius 1 is 0.979 bits per heavy atom. The standard InChI is InChI=1S/C27H28F3N7O8S2/c1-43-17-12-16(13-18(14-17)44-2)33-26-32-15-20(23(34-26)37-9-7-21(35-37)27(28,29)30)19-6-8-31-25(45-10-5-11-46(3,39)40)22(19)24(38)36-47(4,41)42/h6-9,12-15H,5,10-11H2,1-4H3,(H,36,38)(H,32,33,34). The molecule has 252 valence electrons. The Morgan fingerprint density at radius 2 is 1.66 bits per heavy atom. The van der Waals surface area contributed by atoms with Gasteiger partial charge in [-0.2, -0.15) is 23.3 Å². The summed E-state index contributed by atoms with van der Waals surface area (Å²) < 4.78 is 106. The van der Waals surface area contributed by atoms with E-state index in [9.17, 15) is 34.8 Å². The second-order valence-electron chi connectivity index (χ2n) is 9.87. The zero-order chi connectivity index (χ0) is 34.6. The molecule has 1 aromatic carbocycles. The minimum Gasteiger partial charge on any atom is -0.497 e. The van der Waals surface area contributed by atoms with Crippen molar-refractivity contribution < 1.29 is 49.0 Å². The molecule has 0 unspecified atom stereocenters. The van der Waals surface area contributed by atoms with Crippen LogP contribution in [0.5, 0.6) is 17.4 Å². The van der Waals surface area contributed by atoms with Crippen molar-refractivity contribution in [3.05, 3.63) is 60.2 Å². The maximum absolute atomic E-state index is 13.5. The van der Waals surface area contributed by atoms with Crippen LogP contribution in [0.25, 0.3) is 16.9 Å². The molecule has 47 heavy (non-hydrogen) atoms. The number of alkyl halides is 3. The van der Waals surface area contributed by atoms with Crippen LogP contribution in [0.4, 0.5) is 24.8 Å². The fourth-order valence-corrected chi connectivity index (χ4v) is 5.19. The number of carbonyl (C=O) groups excluding carboxylic acids is 1. The fraction of sp³-hybridized carbons (Fsp3) is 0.296. The first-order valence-electron chi connectivity index (χ1n) is 13.3. The lowest BCUT2D eigenvalue weighted by molar-refractivity contribution is -0.141. The fourth-order valence-electron chi connectivity index (χ4n) is 4.10. The number of pyridine rings is 1. The van der Waals surface area contributed by atoms with Crippen molar-refractivity contribution in [2.75, 3.05) is 44.4 Å². The van der Waals surface area contributed by atoms with Crippen LogP contribution < -0.4 is 24.2 Å². The summed E-state index contributed by atoms with van der Waals surface area (Å²) in [6, 6.07) is 6.76. The normalized spacial score (nSPS) is 12.0. The molecular formula is C27H28F3N7O8S2. The van der Waals surface area contributed by atoms with E-state index >= 15 is 0 Å². The second kappa shape index (κ2) is 13.8. The monoisotopic (exact) mass is 699 g/mol. The van der Waals surface area contributed by atoms with E-state index in [2.05, 4.69) is 25.4 Å². The van der Waals surface area contributed by atoms with Crippen molar-refractivity contribution in [2.24, 2.45) is 0 Å². The van der Waals surface area contributed by atoms with E-state index in [-0.39, 0.29) is 47.6 Å². The number of sulfonamides is 1. The maximum atomic E-state index is 13.5. The van der Waals surface area contributed by atoms with Gasteiger partial charge >= 0.3 is 6.18 Å². The lowest BCUT2D eigenvalue weighted by atomic mass is 10.0. The molecule has 1 amide bonds. The highest BCUT2D eigenvalue weighted by molar-refractivity contribution is 7.90. The Morgan fingerprint density at radius 3 is 2.23 bits per heavy atom. The molecule has 2 N–H and O–H groups in total. The molecule has 0 aliphatic rings. The topological polar surface area (TPSA) is 194 Å². The molecule has 4 aromatic rings. The summed E-state index contributed by atoms with van der Waals surface area (Å²) in [5.41, 5.74) is -1.46. The van der Waals surface area contributed by atoms with E-state index in [1.807, 2.05) is 4.72 Å². The lowest BCUT2D eigenvalue weighted by Gasteiger charge is -2.17. The Kier molecular flexibility index (Phi) is 10.2. The van der Waals surface area contributed by atoms with Gasteiger partial charge in [0.05, 0.1) is 32.8 Å². The molecule has 15 nitrogen and oxygen atoms in total. The summed E-state index contributed by atoms with van der Waals surface area (Å²) in [6.07, 6.45) is 0.334. The number of halogens is 3. The average molecular weight is 700 g/mol. The van der Waals surface area contributed by atoms with E-state index in [0.717, 1.165) is 23.4 Å². The molecule has 3 heterocycles. The Hall–Kier alpha value is -4.98. The Balaban J connectivity index is 1.89. The molecular weight excluding hydrogens is 671 g/mol. The number of hydrogen-bond acceptors (Lipinski definition) is 13. The van der Waals surface area contributed by atoms with Crippen molar-refractivity contribution in [1.29, 1.82) is 0 Å². The third kappa shape index (κ3) is 9.28. The highest BCUT2D eigenvalue weighted by Crippen LogP contribution is 2.35. The zero-order valence-electron chi connectivity index (χ0n) is 25.2. The average Bonchev–Trinajstić information content (AvgIpc) is 3.49. The number of ether oxygens (including phenoxy) is 3. The molecule has 20 heteroatoms. The van der Waals surface area contributed by atoms with Crippen LogP contribution in [0.1, 0.15) is 22.5 Å². The van der Waals surface area contributed by atoms with E-state index in [4.69, 9.17) is 14.2 Å². The van der Waals surface area contributed by atoms with Gasteiger partial charge in [0, 0.05) is 59.9 Å². The van der Waals surface area contributed by atoms with Crippen molar-refractivity contribution in [2.45, 2.75) is 12.6 Å². The number of sulfone groups is 1. The summed E-state index contributed by atoms with van der Waals surface area (Å²) in [6.45, 7) is -0.229. The first-order valence-corrected chi connectivity index (χ1v) is 17.2. The predicted octanol–water partition coefficient (Wildman–Crippen LogP) is 3.01. The van der Waals surface area contributed by atoms with Gasteiger partial charge in [0.1, 0.15) is 26.9 Å². The predicted molar refractivity (Wildman–Crippen MR) is 162 cm³/mol. The van der Waals surface area contributed by atoms with E-state index in [1.165, 1.54) is 32.7 Å². The number of benzene rings is 1. The molecule has 3 aromatic heterocycles. The second-order valence-corrected chi connectivity index (χ2v) is 13.9. The summed E-state index contributed by atoms with van der Waals surface area (Å²) in [5.74, 6) is -1.37. The molecule has 0 fully saturated rings. The summed E-state index contributed by atoms with van der Waals surface area (Å²) >= 11 is 0. The molecule has 0 spiro atoms. The Bertz CT molecular complexity index is 1980. The zero-order valence-corrected chi connectivity index (χ0v) is 26.8. The van der Waals surface area contributed by atoms with Crippen LogP contribution in [-0.2, 0) is 26.0 Å². The van der Waals surface area contributed by atoms with E-state index in [0.29, 0.717) is 23.3 Å². The van der Waals surface area contributed by atoms with Crippen LogP contribution >= 0.6 is 0 Å². The van der Waals surface area contributed by atoms with Gasteiger partial charge in [-0.15, -0.1) is 0 Å². The summed E-state index contributed by atoms with van der Waals surface area (Å²) in [4.78, 5) is 26.0. The summed E-state index contributed by atoms with van der Waals surface area (Å²) in [7, 11) is -4.59. The van der Waals surface area contributed by atoms with Crippen LogP contribution in [0.2, 0.25) is 0 Å². The number of nitrogens with zero attached hydrogens (tertiary/aromatic N) is 5. The molecule has 0 saturated carbocycles. The van der Waals surface area contributed by atoms with Gasteiger partial charge in [0.15, 0.2) is 11.5 Å². The minimum atomic E-state index is -4.80. The molecule has 0 aliphatic carbocycles. The van der Waals surface area contributed by atoms with Gasteiger partial charge in [-0.3, -0.25) is 4.79 Å². The van der Waals surface area contributed by atoms with Gasteiger partial charge in [0.25, 0.3) is 5.91 Å². The number of aromatic nitrogens is 5. The van der Waals surface area contributed by atoms with Crippen LogP contribution in [-0.4, -0.2) is 86.6 Å². The van der Waals surface area contributed by atoms with Crippen molar-refractivity contribution in [3.8, 4) is 34.3 Å². The minimum absolute atomic E-state index is 0.00909. The quantitative estimate of drug-likeness (QED) is 0.194. The van der Waals surface area contributed by atoms with Gasteiger partial charge in [0.2, 0.25) is 21.9 Å². The van der Waals surface area contributed by atoms with Gasteiger partial charge < -0.3 is 19.5 Å². The molecule has 0 radical (unpaired) electrons. The molecule has 0 aliphatic heterocycles. The van der Waals surface area contributed by atoms with E-state index in [1.54, 1.807) is 18.2 Å². The molecule has 0 atom stereocenters. The number of methoxy groups -OCH3 is 2. The van der Waals surface area contributed by atoms with Gasteiger partial charge in [-0.1, -0.05) is 0 Å². The molecule has 0 saturated heterocycles. The third-order valence-corrected chi connectivity index (χ3v) is 7.67. The highest BCUT2D eigenvalue weighted by atomic mass is 32.2. The van der Waals surface area contributed by atoms with Crippen molar-refractivity contribution >= 4 is 37.4 Å². The smallest absolute Gasteiger partial charge is 0.435 e. The highest BCUT2D eigenvalue weighted by Gasteiger charge is 2.34. The molecule has 4 rings (SSSR count). The first-order chi connectivity index (χ1) is 22.0. The number of hydrogen-bond donors (Lipinski definition) is 2. The SMILES string of the molecule is COc1cc(Nc2ncc(-c3ccnc(OCCCS(C)(=O)=O)c3C(=O)NS(C)(=O)=O)c(-n3ccc(C(F)(F)F)n3)n2)cc(OC)c1. The van der Waals surface area contributed by atoms with E-state index < -0.39 is 43.2 Å². The van der Waals surface area contributed by atoms with Crippen LogP contribution in [0, 0.1) is 0 Å². The lowest BCUT2D eigenvalue weighted by Crippen LogP contribution is -2.30. The number of anilines is 2. The van der Waals surface area contributed by atoms with Crippen molar-refractivity contribution in [3.63, 3.8) is 0 Å². The number of amides is 1. The number of carbonyl (C=O) groups is 1. The summed E-state index contributed by atoms with van der Waals surface area (Å²) in [5, 5.41) is 6.53. The molecule has 0 bridgehead atoms. The maximum Gasteiger partial charge on any atom is 0.435 e. The number of nitrogens with one attached hydrogen (secondary N) is 2. The third-order valence-electron chi connectivity index (χ3n) is 6.08. The number of rotatable bonds is 13.